The third-order valence-corrected chi connectivity index (χ3v) is 5.98. The van der Waals surface area contributed by atoms with Gasteiger partial charge in [0.05, 0.1) is 4.90 Å². The Balaban J connectivity index is 1.72. The average molecular weight is 348 g/mol. The van der Waals surface area contributed by atoms with Crippen LogP contribution in [-0.2, 0) is 10.0 Å². The van der Waals surface area contributed by atoms with Crippen molar-refractivity contribution < 1.29 is 12.8 Å². The largest absolute Gasteiger partial charge is 0.367 e. The number of nitrogens with zero attached hydrogens (tertiary/aromatic N) is 1. The van der Waals surface area contributed by atoms with E-state index in [-0.39, 0.29) is 10.9 Å². The van der Waals surface area contributed by atoms with E-state index in [0.29, 0.717) is 12.1 Å². The molecule has 0 aromatic heterocycles. The number of nitrogens with one attached hydrogen (secondary N) is 1. The Hall–Kier alpha value is -1.92. The van der Waals surface area contributed by atoms with E-state index in [1.165, 1.54) is 18.2 Å². The van der Waals surface area contributed by atoms with E-state index in [0.717, 1.165) is 25.1 Å². The summed E-state index contributed by atoms with van der Waals surface area (Å²) in [7, 11) is -3.64. The first kappa shape index (κ1) is 16.9. The van der Waals surface area contributed by atoms with Gasteiger partial charge in [-0.15, -0.1) is 0 Å². The lowest BCUT2D eigenvalue weighted by atomic mass is 10.2. The molecule has 0 saturated carbocycles. The van der Waals surface area contributed by atoms with Gasteiger partial charge in [0.1, 0.15) is 5.82 Å². The number of hydrogen-bond donors (Lipinski definition) is 1. The van der Waals surface area contributed by atoms with Crippen molar-refractivity contribution in [2.75, 3.05) is 18.0 Å². The van der Waals surface area contributed by atoms with Crippen molar-refractivity contribution in [2.45, 2.75) is 30.7 Å². The van der Waals surface area contributed by atoms with Gasteiger partial charge in [-0.2, -0.15) is 0 Å². The molecule has 1 unspecified atom stereocenters. The fourth-order valence-corrected chi connectivity index (χ4v) is 4.50. The number of aryl methyl sites for hydroxylation is 1. The van der Waals surface area contributed by atoms with Crippen LogP contribution in [0.5, 0.6) is 0 Å². The molecule has 0 radical (unpaired) electrons. The van der Waals surface area contributed by atoms with Crippen LogP contribution in [0.3, 0.4) is 0 Å². The number of hydrogen-bond acceptors (Lipinski definition) is 3. The van der Waals surface area contributed by atoms with E-state index in [1.54, 1.807) is 6.92 Å². The Morgan fingerprint density at radius 3 is 2.67 bits per heavy atom. The van der Waals surface area contributed by atoms with Crippen LogP contribution in [0, 0.1) is 12.7 Å². The smallest absolute Gasteiger partial charge is 0.240 e. The molecule has 24 heavy (non-hydrogen) atoms. The summed E-state index contributed by atoms with van der Waals surface area (Å²) in [5.41, 5.74) is 1.52. The van der Waals surface area contributed by atoms with Crippen molar-refractivity contribution in [3.8, 4) is 0 Å². The van der Waals surface area contributed by atoms with Gasteiger partial charge in [-0.3, -0.25) is 0 Å². The predicted octanol–water partition coefficient (Wildman–Crippen LogP) is 3.08. The molecule has 1 atom stereocenters. The van der Waals surface area contributed by atoms with Gasteiger partial charge in [0.15, 0.2) is 0 Å². The molecule has 0 bridgehead atoms. The van der Waals surface area contributed by atoms with Crippen LogP contribution < -0.4 is 9.62 Å². The second kappa shape index (κ2) is 6.91. The zero-order chi connectivity index (χ0) is 17.2. The number of benzene rings is 2. The van der Waals surface area contributed by atoms with Gasteiger partial charge in [-0.25, -0.2) is 17.5 Å². The summed E-state index contributed by atoms with van der Waals surface area (Å²) in [4.78, 5) is 2.37. The van der Waals surface area contributed by atoms with Crippen molar-refractivity contribution in [3.05, 3.63) is 59.9 Å². The maximum atomic E-state index is 13.2. The van der Waals surface area contributed by atoms with Crippen molar-refractivity contribution in [2.24, 2.45) is 0 Å². The van der Waals surface area contributed by atoms with Gasteiger partial charge in [0.25, 0.3) is 0 Å². The van der Waals surface area contributed by atoms with Crippen LogP contribution in [-0.4, -0.2) is 27.5 Å². The first-order chi connectivity index (χ1) is 11.5. The molecule has 2 aromatic rings. The maximum absolute atomic E-state index is 13.2. The number of halogens is 1. The molecular formula is C18H21FN2O2S. The second-order valence-corrected chi connectivity index (χ2v) is 7.82. The number of sulfonamides is 1. The Morgan fingerprint density at radius 1 is 1.21 bits per heavy atom. The molecule has 1 fully saturated rings. The molecule has 6 heteroatoms. The van der Waals surface area contributed by atoms with Gasteiger partial charge in [0.2, 0.25) is 10.0 Å². The average Bonchev–Trinajstić information content (AvgIpc) is 3.02. The summed E-state index contributed by atoms with van der Waals surface area (Å²) in [5.74, 6) is -0.433. The minimum Gasteiger partial charge on any atom is -0.367 e. The monoisotopic (exact) mass is 348 g/mol. The van der Waals surface area contributed by atoms with E-state index in [9.17, 15) is 12.8 Å². The Morgan fingerprint density at radius 2 is 1.96 bits per heavy atom. The Kier molecular flexibility index (Phi) is 4.87. The molecule has 2 aromatic carbocycles. The molecule has 1 saturated heterocycles. The molecule has 128 valence electrons. The topological polar surface area (TPSA) is 49.4 Å². The summed E-state index contributed by atoms with van der Waals surface area (Å²) in [6, 6.07) is 13.9. The van der Waals surface area contributed by atoms with E-state index in [1.807, 2.05) is 30.3 Å². The van der Waals surface area contributed by atoms with Crippen LogP contribution in [0.4, 0.5) is 10.1 Å². The molecule has 1 heterocycles. The second-order valence-electron chi connectivity index (χ2n) is 6.09. The molecule has 1 N–H and O–H groups in total. The SMILES string of the molecule is Cc1cc(F)ccc1S(=O)(=O)NCC1CCCN1c1ccccc1. The van der Waals surface area contributed by atoms with Crippen LogP contribution >= 0.6 is 0 Å². The van der Waals surface area contributed by atoms with Gasteiger partial charge >= 0.3 is 0 Å². The first-order valence-corrected chi connectivity index (χ1v) is 9.53. The number of rotatable bonds is 5. The molecule has 4 nitrogen and oxygen atoms in total. The van der Waals surface area contributed by atoms with E-state index >= 15 is 0 Å². The van der Waals surface area contributed by atoms with Crippen molar-refractivity contribution in [1.29, 1.82) is 0 Å². The van der Waals surface area contributed by atoms with Crippen molar-refractivity contribution in [1.82, 2.24) is 4.72 Å². The van der Waals surface area contributed by atoms with Crippen molar-refractivity contribution in [3.63, 3.8) is 0 Å². The third kappa shape index (κ3) is 3.60. The molecule has 1 aliphatic rings. The third-order valence-electron chi connectivity index (χ3n) is 4.40. The predicted molar refractivity (Wildman–Crippen MR) is 93.1 cm³/mol. The molecular weight excluding hydrogens is 327 g/mol. The fourth-order valence-electron chi connectivity index (χ4n) is 3.21. The van der Waals surface area contributed by atoms with E-state index in [4.69, 9.17) is 0 Å². The minimum absolute atomic E-state index is 0.128. The number of para-hydroxylation sites is 1. The zero-order valence-corrected chi connectivity index (χ0v) is 14.4. The van der Waals surface area contributed by atoms with Gasteiger partial charge in [0, 0.05) is 24.8 Å². The highest BCUT2D eigenvalue weighted by Gasteiger charge is 2.27. The summed E-state index contributed by atoms with van der Waals surface area (Å²) in [6.07, 6.45) is 1.98. The molecule has 0 amide bonds. The van der Waals surface area contributed by atoms with Crippen molar-refractivity contribution >= 4 is 15.7 Å². The van der Waals surface area contributed by atoms with E-state index in [2.05, 4.69) is 9.62 Å². The van der Waals surface area contributed by atoms with Crippen LogP contribution in [0.1, 0.15) is 18.4 Å². The highest BCUT2D eigenvalue weighted by atomic mass is 32.2. The molecule has 1 aliphatic heterocycles. The van der Waals surface area contributed by atoms with Gasteiger partial charge in [-0.05, 0) is 55.7 Å². The molecule has 0 spiro atoms. The van der Waals surface area contributed by atoms with E-state index < -0.39 is 15.8 Å². The molecule has 0 aliphatic carbocycles. The summed E-state index contributed by atoms with van der Waals surface area (Å²) in [5, 5.41) is 0. The van der Waals surface area contributed by atoms with Crippen LogP contribution in [0.25, 0.3) is 0 Å². The number of anilines is 1. The lowest BCUT2D eigenvalue weighted by Gasteiger charge is -2.27. The maximum Gasteiger partial charge on any atom is 0.240 e. The minimum atomic E-state index is -3.64. The van der Waals surface area contributed by atoms with Crippen LogP contribution in [0.2, 0.25) is 0 Å². The highest BCUT2D eigenvalue weighted by Crippen LogP contribution is 2.25. The summed E-state index contributed by atoms with van der Waals surface area (Å²) in [6.45, 7) is 2.86. The summed E-state index contributed by atoms with van der Waals surface area (Å²) < 4.78 is 40.9. The first-order valence-electron chi connectivity index (χ1n) is 8.05. The highest BCUT2D eigenvalue weighted by molar-refractivity contribution is 7.89. The standard InChI is InChI=1S/C18H21FN2O2S/c1-14-12-15(19)9-10-18(14)24(22,23)20-13-17-8-5-11-21(17)16-6-3-2-4-7-16/h2-4,6-7,9-10,12,17,20H,5,8,11,13H2,1H3. The molecule has 3 rings (SSSR count). The lowest BCUT2D eigenvalue weighted by molar-refractivity contribution is 0.566. The normalized spacial score (nSPS) is 18.1. The van der Waals surface area contributed by atoms with Gasteiger partial charge in [-0.1, -0.05) is 18.2 Å². The quantitative estimate of drug-likeness (QED) is 0.903. The van der Waals surface area contributed by atoms with Crippen LogP contribution in [0.15, 0.2) is 53.4 Å². The Labute approximate surface area is 142 Å². The van der Waals surface area contributed by atoms with Gasteiger partial charge < -0.3 is 4.90 Å². The Bertz CT molecular complexity index is 809. The fraction of sp³-hybridized carbons (Fsp3) is 0.333. The zero-order valence-electron chi connectivity index (χ0n) is 13.6. The summed E-state index contributed by atoms with van der Waals surface area (Å²) >= 11 is 0. The lowest BCUT2D eigenvalue weighted by Crippen LogP contribution is -2.40.